The first-order valence-electron chi connectivity index (χ1n) is 10.5. The van der Waals surface area contributed by atoms with E-state index < -0.39 is 5.91 Å². The van der Waals surface area contributed by atoms with Gasteiger partial charge in [-0.15, -0.1) is 0 Å². The highest BCUT2D eigenvalue weighted by molar-refractivity contribution is 7.80. The zero-order chi connectivity index (χ0) is 23.5. The maximum Gasteiger partial charge on any atom is 0.261 e. The number of hydrogen-bond donors (Lipinski definition) is 3. The van der Waals surface area contributed by atoms with Crippen molar-refractivity contribution in [1.82, 2.24) is 10.6 Å². The molecule has 0 saturated heterocycles. The number of ether oxygens (including phenoxy) is 2. The third-order valence-electron chi connectivity index (χ3n) is 4.45. The lowest BCUT2D eigenvalue weighted by Gasteiger charge is -2.13. The zero-order valence-corrected chi connectivity index (χ0v) is 19.0. The Morgan fingerprint density at radius 1 is 0.818 bits per heavy atom. The largest absolute Gasteiger partial charge is 0.490 e. The molecule has 0 unspecified atom stereocenters. The normalized spacial score (nSPS) is 10.1. The summed E-state index contributed by atoms with van der Waals surface area (Å²) in [4.78, 5) is 24.6. The van der Waals surface area contributed by atoms with Crippen LogP contribution in [0.15, 0.2) is 78.9 Å². The van der Waals surface area contributed by atoms with Crippen LogP contribution in [0.3, 0.4) is 0 Å². The average molecular weight is 464 g/mol. The van der Waals surface area contributed by atoms with Gasteiger partial charge in [-0.3, -0.25) is 14.9 Å². The molecule has 3 N–H and O–H groups in total. The smallest absolute Gasteiger partial charge is 0.261 e. The van der Waals surface area contributed by atoms with Crippen LogP contribution in [-0.4, -0.2) is 36.7 Å². The molecule has 2 amide bonds. The van der Waals surface area contributed by atoms with Gasteiger partial charge in [-0.05, 0) is 67.7 Å². The first-order valence-corrected chi connectivity index (χ1v) is 10.9. The highest BCUT2D eigenvalue weighted by atomic mass is 32.1. The van der Waals surface area contributed by atoms with Crippen molar-refractivity contribution in [3.05, 3.63) is 90.0 Å². The Bertz CT molecular complexity index is 1090. The highest BCUT2D eigenvalue weighted by Crippen LogP contribution is 2.18. The monoisotopic (exact) mass is 463 g/mol. The van der Waals surface area contributed by atoms with Crippen molar-refractivity contribution >= 4 is 34.8 Å². The van der Waals surface area contributed by atoms with Crippen LogP contribution in [0.2, 0.25) is 0 Å². The molecule has 8 heteroatoms. The second-order valence-electron chi connectivity index (χ2n) is 6.85. The van der Waals surface area contributed by atoms with E-state index in [0.29, 0.717) is 35.7 Å². The van der Waals surface area contributed by atoms with Gasteiger partial charge in [0, 0.05) is 17.8 Å². The Balaban J connectivity index is 1.52. The number of anilines is 1. The topological polar surface area (TPSA) is 88.7 Å². The maximum absolute atomic E-state index is 12.7. The minimum absolute atomic E-state index is 0.132. The molecule has 170 valence electrons. The number of hydrogen-bond acceptors (Lipinski definition) is 5. The number of nitrogens with one attached hydrogen (secondary N) is 3. The Morgan fingerprint density at radius 3 is 2.21 bits per heavy atom. The molecule has 0 bridgehead atoms. The van der Waals surface area contributed by atoms with E-state index in [4.69, 9.17) is 21.7 Å². The van der Waals surface area contributed by atoms with E-state index in [1.54, 1.807) is 48.5 Å². The number of carbonyl (C=O) groups excluding carboxylic acids is 2. The molecule has 33 heavy (non-hydrogen) atoms. The summed E-state index contributed by atoms with van der Waals surface area (Å²) in [5, 5.41) is 8.46. The van der Waals surface area contributed by atoms with Gasteiger partial charge in [-0.1, -0.05) is 30.3 Å². The molecule has 0 atom stereocenters. The lowest BCUT2D eigenvalue weighted by atomic mass is 10.2. The number of carbonyl (C=O) groups is 2. The average Bonchev–Trinajstić information content (AvgIpc) is 2.83. The van der Waals surface area contributed by atoms with Gasteiger partial charge in [0.1, 0.15) is 24.7 Å². The fourth-order valence-electron chi connectivity index (χ4n) is 2.91. The summed E-state index contributed by atoms with van der Waals surface area (Å²) in [7, 11) is 0. The predicted octanol–water partition coefficient (Wildman–Crippen LogP) is 4.02. The van der Waals surface area contributed by atoms with Crippen molar-refractivity contribution in [3.8, 4) is 11.5 Å². The zero-order valence-electron chi connectivity index (χ0n) is 18.2. The second-order valence-corrected chi connectivity index (χ2v) is 7.26. The lowest BCUT2D eigenvalue weighted by Crippen LogP contribution is -2.34. The number of amides is 2. The first kappa shape index (κ1) is 23.7. The quantitative estimate of drug-likeness (QED) is 0.328. The Kier molecular flexibility index (Phi) is 8.79. The molecule has 7 nitrogen and oxygen atoms in total. The van der Waals surface area contributed by atoms with Crippen molar-refractivity contribution in [2.75, 3.05) is 25.1 Å². The van der Waals surface area contributed by atoms with Gasteiger partial charge in [-0.2, -0.15) is 0 Å². The lowest BCUT2D eigenvalue weighted by molar-refractivity contribution is 0.0952. The van der Waals surface area contributed by atoms with Crippen molar-refractivity contribution in [3.63, 3.8) is 0 Å². The summed E-state index contributed by atoms with van der Waals surface area (Å²) >= 11 is 5.26. The standard InChI is InChI=1S/C25H25N3O4S/c1-2-26-23(29)18-12-14-19(15-13-18)27-25(33)28-24(30)21-10-6-7-11-22(21)32-17-16-31-20-8-4-3-5-9-20/h3-15H,2,16-17H2,1H3,(H,26,29)(H2,27,28,30,33). The highest BCUT2D eigenvalue weighted by Gasteiger charge is 2.14. The first-order chi connectivity index (χ1) is 16.1. The molecular formula is C25H25N3O4S. The van der Waals surface area contributed by atoms with Crippen LogP contribution in [-0.2, 0) is 0 Å². The van der Waals surface area contributed by atoms with Gasteiger partial charge >= 0.3 is 0 Å². The van der Waals surface area contributed by atoms with Gasteiger partial charge in [-0.25, -0.2) is 0 Å². The Hall–Kier alpha value is -3.91. The summed E-state index contributed by atoms with van der Waals surface area (Å²) in [6.07, 6.45) is 0. The van der Waals surface area contributed by atoms with E-state index in [2.05, 4.69) is 16.0 Å². The fourth-order valence-corrected chi connectivity index (χ4v) is 3.12. The maximum atomic E-state index is 12.7. The molecule has 0 saturated carbocycles. The molecule has 0 aliphatic rings. The van der Waals surface area contributed by atoms with Crippen molar-refractivity contribution in [2.24, 2.45) is 0 Å². The third kappa shape index (κ3) is 7.33. The van der Waals surface area contributed by atoms with Crippen LogP contribution in [0.4, 0.5) is 5.69 Å². The predicted molar refractivity (Wildman–Crippen MR) is 132 cm³/mol. The van der Waals surface area contributed by atoms with Gasteiger partial charge in [0.25, 0.3) is 11.8 Å². The minimum atomic E-state index is -0.397. The number of thiocarbonyl (C=S) groups is 1. The molecule has 3 aromatic rings. The molecule has 0 aromatic heterocycles. The molecular weight excluding hydrogens is 438 g/mol. The number of benzene rings is 3. The Labute approximate surface area is 198 Å². The summed E-state index contributed by atoms with van der Waals surface area (Å²) < 4.78 is 11.4. The minimum Gasteiger partial charge on any atom is -0.490 e. The van der Waals surface area contributed by atoms with Crippen LogP contribution in [0.5, 0.6) is 11.5 Å². The Morgan fingerprint density at radius 2 is 1.48 bits per heavy atom. The van der Waals surface area contributed by atoms with Gasteiger partial charge in [0.15, 0.2) is 5.11 Å². The van der Waals surface area contributed by atoms with E-state index in [-0.39, 0.29) is 17.6 Å². The van der Waals surface area contributed by atoms with Gasteiger partial charge in [0.05, 0.1) is 5.56 Å². The second kappa shape index (κ2) is 12.2. The van der Waals surface area contributed by atoms with Crippen LogP contribution in [0.1, 0.15) is 27.6 Å². The molecule has 0 heterocycles. The summed E-state index contributed by atoms with van der Waals surface area (Å²) in [5.74, 6) is 0.639. The van der Waals surface area contributed by atoms with Crippen LogP contribution < -0.4 is 25.4 Å². The molecule has 0 aliphatic carbocycles. The number of para-hydroxylation sites is 2. The summed E-state index contributed by atoms with van der Waals surface area (Å²) in [6, 6.07) is 23.1. The van der Waals surface area contributed by atoms with Crippen molar-refractivity contribution < 1.29 is 19.1 Å². The van der Waals surface area contributed by atoms with E-state index in [1.165, 1.54) is 0 Å². The van der Waals surface area contributed by atoms with E-state index in [0.717, 1.165) is 5.75 Å². The SMILES string of the molecule is CCNC(=O)c1ccc(NC(=S)NC(=O)c2ccccc2OCCOc2ccccc2)cc1. The van der Waals surface area contributed by atoms with Crippen molar-refractivity contribution in [1.29, 1.82) is 0 Å². The molecule has 3 rings (SSSR count). The summed E-state index contributed by atoms with van der Waals surface area (Å²) in [6.45, 7) is 3.03. The number of rotatable bonds is 9. The van der Waals surface area contributed by atoms with Gasteiger partial charge < -0.3 is 20.1 Å². The molecule has 0 aliphatic heterocycles. The summed E-state index contributed by atoms with van der Waals surface area (Å²) in [5.41, 5.74) is 1.54. The van der Waals surface area contributed by atoms with E-state index in [1.807, 2.05) is 37.3 Å². The molecule has 0 fully saturated rings. The molecule has 3 aromatic carbocycles. The van der Waals surface area contributed by atoms with Crippen LogP contribution >= 0.6 is 12.2 Å². The van der Waals surface area contributed by atoms with E-state index in [9.17, 15) is 9.59 Å². The fraction of sp³-hybridized carbons (Fsp3) is 0.160. The van der Waals surface area contributed by atoms with Gasteiger partial charge in [0.2, 0.25) is 0 Å². The van der Waals surface area contributed by atoms with Crippen LogP contribution in [0, 0.1) is 0 Å². The molecule has 0 radical (unpaired) electrons. The van der Waals surface area contributed by atoms with Crippen LogP contribution in [0.25, 0.3) is 0 Å². The van der Waals surface area contributed by atoms with E-state index >= 15 is 0 Å². The molecule has 0 spiro atoms. The van der Waals surface area contributed by atoms with Crippen molar-refractivity contribution in [2.45, 2.75) is 6.92 Å². The third-order valence-corrected chi connectivity index (χ3v) is 4.66.